The van der Waals surface area contributed by atoms with Gasteiger partial charge in [0.25, 0.3) is 0 Å². The van der Waals surface area contributed by atoms with Crippen molar-refractivity contribution >= 4 is 0 Å². The number of halogens is 2. The van der Waals surface area contributed by atoms with Crippen LogP contribution in [-0.4, -0.2) is 0 Å². The van der Waals surface area contributed by atoms with Crippen molar-refractivity contribution in [1.29, 1.82) is 0 Å². The molecule has 0 spiro atoms. The topological polar surface area (TPSA) is 26.0 Å². The first-order chi connectivity index (χ1) is 6.68. The van der Waals surface area contributed by atoms with Crippen LogP contribution in [0.2, 0.25) is 0 Å². The van der Waals surface area contributed by atoms with E-state index in [-0.39, 0.29) is 6.04 Å². The van der Waals surface area contributed by atoms with Crippen LogP contribution >= 0.6 is 0 Å². The Bertz CT molecular complexity index is 334. The summed E-state index contributed by atoms with van der Waals surface area (Å²) in [6.07, 6.45) is 3.39. The van der Waals surface area contributed by atoms with Crippen molar-refractivity contribution in [3.8, 4) is 0 Å². The van der Waals surface area contributed by atoms with E-state index in [1.807, 2.05) is 0 Å². The molecule has 1 aromatic carbocycles. The molecule has 1 saturated carbocycles. The molecular weight excluding hydrogens is 184 g/mol. The zero-order valence-electron chi connectivity index (χ0n) is 7.84. The predicted octanol–water partition coefficient (Wildman–Crippen LogP) is 2.76. The van der Waals surface area contributed by atoms with Crippen molar-refractivity contribution in [3.63, 3.8) is 0 Å². The number of hydrogen-bond donors (Lipinski definition) is 1. The van der Waals surface area contributed by atoms with Crippen molar-refractivity contribution in [1.82, 2.24) is 0 Å². The van der Waals surface area contributed by atoms with Crippen molar-refractivity contribution in [2.75, 3.05) is 0 Å². The summed E-state index contributed by atoms with van der Waals surface area (Å²) in [6, 6.07) is 3.78. The van der Waals surface area contributed by atoms with Gasteiger partial charge in [0.1, 0.15) is 0 Å². The van der Waals surface area contributed by atoms with Crippen molar-refractivity contribution in [2.45, 2.75) is 25.3 Å². The molecule has 0 aromatic heterocycles. The maximum absolute atomic E-state index is 12.9. The minimum absolute atomic E-state index is 0.140. The molecule has 0 radical (unpaired) electrons. The van der Waals surface area contributed by atoms with E-state index in [1.165, 1.54) is 12.5 Å². The summed E-state index contributed by atoms with van der Waals surface area (Å²) in [6.45, 7) is 0. The second-order valence-corrected chi connectivity index (χ2v) is 3.89. The standard InChI is InChI=1S/C11H13F2N/c12-9-5-4-8(6-10(9)13)11(14)7-2-1-3-7/h4-7,11H,1-3,14H2/t11-/m0/s1. The fraction of sp³-hybridized carbons (Fsp3) is 0.455. The lowest BCUT2D eigenvalue weighted by Crippen LogP contribution is -2.26. The Kier molecular flexibility index (Phi) is 2.50. The highest BCUT2D eigenvalue weighted by Gasteiger charge is 2.25. The molecule has 2 N–H and O–H groups in total. The van der Waals surface area contributed by atoms with E-state index in [0.717, 1.165) is 18.9 Å². The van der Waals surface area contributed by atoms with Gasteiger partial charge in [0.05, 0.1) is 0 Å². The van der Waals surface area contributed by atoms with Crippen LogP contribution in [0.1, 0.15) is 30.9 Å². The van der Waals surface area contributed by atoms with Gasteiger partial charge in [-0.2, -0.15) is 0 Å². The molecule has 76 valence electrons. The van der Waals surface area contributed by atoms with Crippen LogP contribution < -0.4 is 5.73 Å². The Hall–Kier alpha value is -0.960. The average Bonchev–Trinajstić information content (AvgIpc) is 2.06. The fourth-order valence-electron chi connectivity index (χ4n) is 1.79. The molecule has 1 aromatic rings. The Morgan fingerprint density at radius 3 is 2.43 bits per heavy atom. The van der Waals surface area contributed by atoms with E-state index in [9.17, 15) is 8.78 Å². The number of nitrogens with two attached hydrogens (primary N) is 1. The molecule has 0 amide bonds. The predicted molar refractivity (Wildman–Crippen MR) is 50.6 cm³/mol. The van der Waals surface area contributed by atoms with Gasteiger partial charge in [-0.15, -0.1) is 0 Å². The zero-order chi connectivity index (χ0) is 10.1. The first kappa shape index (κ1) is 9.59. The van der Waals surface area contributed by atoms with Gasteiger partial charge in [-0.3, -0.25) is 0 Å². The van der Waals surface area contributed by atoms with Gasteiger partial charge in [0.2, 0.25) is 0 Å². The molecule has 14 heavy (non-hydrogen) atoms. The van der Waals surface area contributed by atoms with E-state index in [2.05, 4.69) is 0 Å². The van der Waals surface area contributed by atoms with E-state index < -0.39 is 11.6 Å². The molecule has 0 saturated heterocycles. The minimum atomic E-state index is -0.811. The van der Waals surface area contributed by atoms with Gasteiger partial charge in [0, 0.05) is 6.04 Å². The Balaban J connectivity index is 2.18. The maximum atomic E-state index is 12.9. The normalized spacial score (nSPS) is 19.1. The van der Waals surface area contributed by atoms with E-state index in [4.69, 9.17) is 5.73 Å². The Labute approximate surface area is 81.9 Å². The third-order valence-electron chi connectivity index (χ3n) is 2.99. The third-order valence-corrected chi connectivity index (χ3v) is 2.99. The smallest absolute Gasteiger partial charge is 0.159 e. The van der Waals surface area contributed by atoms with Crippen molar-refractivity contribution in [2.24, 2.45) is 11.7 Å². The van der Waals surface area contributed by atoms with Crippen molar-refractivity contribution in [3.05, 3.63) is 35.4 Å². The largest absolute Gasteiger partial charge is 0.324 e. The van der Waals surface area contributed by atoms with Gasteiger partial charge in [0.15, 0.2) is 11.6 Å². The molecule has 0 heterocycles. The van der Waals surface area contributed by atoms with Crippen LogP contribution in [0.25, 0.3) is 0 Å². The molecule has 1 aliphatic rings. The second-order valence-electron chi connectivity index (χ2n) is 3.89. The highest BCUT2D eigenvalue weighted by molar-refractivity contribution is 5.22. The highest BCUT2D eigenvalue weighted by atomic mass is 19.2. The SMILES string of the molecule is N[C@H](c1ccc(F)c(F)c1)C1CCC1. The van der Waals surface area contributed by atoms with Crippen molar-refractivity contribution < 1.29 is 8.78 Å². The lowest BCUT2D eigenvalue weighted by molar-refractivity contribution is 0.264. The molecule has 0 aliphatic heterocycles. The van der Waals surface area contributed by atoms with Crippen LogP contribution in [0.3, 0.4) is 0 Å². The summed E-state index contributed by atoms with van der Waals surface area (Å²) in [5.41, 5.74) is 6.63. The Morgan fingerprint density at radius 1 is 1.21 bits per heavy atom. The van der Waals surface area contributed by atoms with Crippen LogP contribution in [0, 0.1) is 17.6 Å². The number of hydrogen-bond acceptors (Lipinski definition) is 1. The van der Waals surface area contributed by atoms with E-state index in [1.54, 1.807) is 6.07 Å². The lowest BCUT2D eigenvalue weighted by atomic mass is 9.77. The molecule has 2 rings (SSSR count). The molecule has 1 aliphatic carbocycles. The van der Waals surface area contributed by atoms with E-state index >= 15 is 0 Å². The monoisotopic (exact) mass is 197 g/mol. The Morgan fingerprint density at radius 2 is 1.93 bits per heavy atom. The number of rotatable bonds is 2. The molecular formula is C11H13F2N. The minimum Gasteiger partial charge on any atom is -0.324 e. The first-order valence-electron chi connectivity index (χ1n) is 4.89. The van der Waals surface area contributed by atoms with Gasteiger partial charge >= 0.3 is 0 Å². The van der Waals surface area contributed by atoms with Crippen LogP contribution in [0.4, 0.5) is 8.78 Å². The quantitative estimate of drug-likeness (QED) is 0.775. The summed E-state index contributed by atoms with van der Waals surface area (Å²) in [5, 5.41) is 0. The summed E-state index contributed by atoms with van der Waals surface area (Å²) in [7, 11) is 0. The van der Waals surface area contributed by atoms with Gasteiger partial charge < -0.3 is 5.73 Å². The number of benzene rings is 1. The summed E-state index contributed by atoms with van der Waals surface area (Å²) in [5.74, 6) is -1.17. The van der Waals surface area contributed by atoms with Gasteiger partial charge in [-0.1, -0.05) is 12.5 Å². The van der Waals surface area contributed by atoms with Gasteiger partial charge in [-0.25, -0.2) is 8.78 Å². The van der Waals surface area contributed by atoms with Crippen LogP contribution in [0.5, 0.6) is 0 Å². The molecule has 0 unspecified atom stereocenters. The summed E-state index contributed by atoms with van der Waals surface area (Å²) < 4.78 is 25.5. The fourth-order valence-corrected chi connectivity index (χ4v) is 1.79. The molecule has 3 heteroatoms. The first-order valence-corrected chi connectivity index (χ1v) is 4.89. The molecule has 1 atom stereocenters. The van der Waals surface area contributed by atoms with Gasteiger partial charge in [-0.05, 0) is 36.5 Å². The van der Waals surface area contributed by atoms with Crippen LogP contribution in [-0.2, 0) is 0 Å². The van der Waals surface area contributed by atoms with Crippen LogP contribution in [0.15, 0.2) is 18.2 Å². The third kappa shape index (κ3) is 1.64. The zero-order valence-corrected chi connectivity index (χ0v) is 7.84. The highest BCUT2D eigenvalue weighted by Crippen LogP contribution is 2.36. The lowest BCUT2D eigenvalue weighted by Gasteiger charge is -2.31. The summed E-state index contributed by atoms with van der Waals surface area (Å²) >= 11 is 0. The summed E-state index contributed by atoms with van der Waals surface area (Å²) in [4.78, 5) is 0. The average molecular weight is 197 g/mol. The molecule has 1 nitrogen and oxygen atoms in total. The molecule has 0 bridgehead atoms. The molecule has 1 fully saturated rings. The second kappa shape index (κ2) is 3.65. The maximum Gasteiger partial charge on any atom is 0.159 e. The van der Waals surface area contributed by atoms with E-state index in [0.29, 0.717) is 11.5 Å².